The van der Waals surface area contributed by atoms with Gasteiger partial charge in [-0.25, -0.2) is 0 Å². The average molecular weight is 153 g/mol. The van der Waals surface area contributed by atoms with Crippen molar-refractivity contribution in [3.8, 4) is 0 Å². The van der Waals surface area contributed by atoms with Crippen LogP contribution in [0, 0.1) is 0 Å². The Morgan fingerprint density at radius 1 is 1.36 bits per heavy atom. The fourth-order valence-electron chi connectivity index (χ4n) is 0.830. The maximum atomic E-state index is 3.29. The van der Waals surface area contributed by atoms with Crippen LogP contribution in [-0.2, 0) is 0 Å². The molecule has 0 saturated heterocycles. The lowest BCUT2D eigenvalue weighted by atomic mass is 10.1. The molecule has 0 atom stereocenters. The van der Waals surface area contributed by atoms with Crippen molar-refractivity contribution in [2.75, 3.05) is 0 Å². The number of rotatable bonds is 1. The van der Waals surface area contributed by atoms with Gasteiger partial charge >= 0.3 is 0 Å². The number of nitrogens with one attached hydrogen (secondary N) is 3. The van der Waals surface area contributed by atoms with Crippen LogP contribution in [0.25, 0.3) is 0 Å². The first-order valence-corrected chi connectivity index (χ1v) is 3.74. The lowest BCUT2D eigenvalue weighted by molar-refractivity contribution is 0.442. The predicted molar refractivity (Wildman–Crippen MR) is 46.4 cm³/mol. The molecule has 0 aliphatic carbocycles. The van der Waals surface area contributed by atoms with Crippen LogP contribution >= 0.6 is 0 Å². The molecule has 0 bridgehead atoms. The third-order valence-electron chi connectivity index (χ3n) is 1.16. The van der Waals surface area contributed by atoms with Crippen molar-refractivity contribution in [1.29, 1.82) is 0 Å². The highest BCUT2D eigenvalue weighted by atomic mass is 15.4. The van der Waals surface area contributed by atoms with E-state index in [0.29, 0.717) is 0 Å². The van der Waals surface area contributed by atoms with Crippen molar-refractivity contribution in [2.45, 2.75) is 26.3 Å². The van der Waals surface area contributed by atoms with Gasteiger partial charge in [0, 0.05) is 11.7 Å². The number of hydrogen-bond acceptors (Lipinski definition) is 3. The molecule has 3 nitrogen and oxygen atoms in total. The fraction of sp³-hybridized carbons (Fsp3) is 0.500. The summed E-state index contributed by atoms with van der Waals surface area (Å²) >= 11 is 0. The molecule has 0 aromatic heterocycles. The first kappa shape index (κ1) is 7.98. The van der Waals surface area contributed by atoms with Crippen molar-refractivity contribution in [1.82, 2.24) is 16.2 Å². The molecule has 1 rings (SSSR count). The molecule has 62 valence electrons. The Kier molecular flexibility index (Phi) is 2.08. The van der Waals surface area contributed by atoms with Crippen molar-refractivity contribution in [2.24, 2.45) is 0 Å². The summed E-state index contributed by atoms with van der Waals surface area (Å²) in [7, 11) is 0. The van der Waals surface area contributed by atoms with E-state index in [4.69, 9.17) is 0 Å². The van der Waals surface area contributed by atoms with Crippen molar-refractivity contribution < 1.29 is 0 Å². The van der Waals surface area contributed by atoms with Crippen LogP contribution in [0.2, 0.25) is 0 Å². The predicted octanol–water partition coefficient (Wildman–Crippen LogP) is 0.837. The van der Waals surface area contributed by atoms with E-state index in [0.717, 1.165) is 5.82 Å². The molecule has 0 spiro atoms. The van der Waals surface area contributed by atoms with Gasteiger partial charge in [0.1, 0.15) is 5.82 Å². The Morgan fingerprint density at radius 2 is 2.09 bits per heavy atom. The zero-order valence-electron chi connectivity index (χ0n) is 7.23. The summed E-state index contributed by atoms with van der Waals surface area (Å²) in [5.41, 5.74) is 5.99. The second kappa shape index (κ2) is 2.86. The van der Waals surface area contributed by atoms with Crippen LogP contribution in [0.1, 0.15) is 20.8 Å². The lowest BCUT2D eigenvalue weighted by Crippen LogP contribution is -2.44. The van der Waals surface area contributed by atoms with Crippen molar-refractivity contribution in [3.05, 3.63) is 24.2 Å². The van der Waals surface area contributed by atoms with Gasteiger partial charge < -0.3 is 10.7 Å². The third kappa shape index (κ3) is 2.98. The molecule has 1 aliphatic heterocycles. The number of hydrazine groups is 1. The molecule has 3 heteroatoms. The van der Waals surface area contributed by atoms with Crippen molar-refractivity contribution in [3.63, 3.8) is 0 Å². The van der Waals surface area contributed by atoms with Gasteiger partial charge in [0.15, 0.2) is 0 Å². The minimum absolute atomic E-state index is 0.103. The Morgan fingerprint density at radius 3 is 2.55 bits per heavy atom. The maximum Gasteiger partial charge on any atom is 0.118 e. The molecule has 3 N–H and O–H groups in total. The van der Waals surface area contributed by atoms with Crippen molar-refractivity contribution >= 4 is 0 Å². The molecular weight excluding hydrogens is 138 g/mol. The second-order valence-corrected chi connectivity index (χ2v) is 3.58. The largest absolute Gasteiger partial charge is 0.366 e. The molecular formula is C8H15N3. The first-order valence-electron chi connectivity index (χ1n) is 3.74. The van der Waals surface area contributed by atoms with Gasteiger partial charge in [-0.05, 0) is 32.9 Å². The van der Waals surface area contributed by atoms with E-state index >= 15 is 0 Å². The number of hydrogen-bond donors (Lipinski definition) is 3. The molecule has 1 aliphatic rings. The summed E-state index contributed by atoms with van der Waals surface area (Å²) in [6.45, 7) is 6.36. The molecule has 0 amide bonds. The zero-order chi connectivity index (χ0) is 8.32. The number of allylic oxidation sites excluding steroid dienone is 2. The van der Waals surface area contributed by atoms with Gasteiger partial charge in [-0.3, -0.25) is 5.43 Å². The van der Waals surface area contributed by atoms with E-state index in [-0.39, 0.29) is 5.54 Å². The van der Waals surface area contributed by atoms with Crippen LogP contribution in [0.4, 0.5) is 0 Å². The van der Waals surface area contributed by atoms with E-state index in [1.165, 1.54) is 0 Å². The Balaban J connectivity index is 2.49. The van der Waals surface area contributed by atoms with Crippen LogP contribution in [-0.4, -0.2) is 5.54 Å². The fourth-order valence-corrected chi connectivity index (χ4v) is 0.830. The summed E-state index contributed by atoms with van der Waals surface area (Å²) in [5.74, 6) is 1.00. The molecule has 0 radical (unpaired) electrons. The molecule has 1 heterocycles. The monoisotopic (exact) mass is 153 g/mol. The molecule has 11 heavy (non-hydrogen) atoms. The molecule has 0 aromatic rings. The molecule has 0 fully saturated rings. The maximum absolute atomic E-state index is 3.29. The van der Waals surface area contributed by atoms with Crippen LogP contribution < -0.4 is 16.2 Å². The topological polar surface area (TPSA) is 36.1 Å². The van der Waals surface area contributed by atoms with E-state index in [2.05, 4.69) is 36.9 Å². The average Bonchev–Trinajstić information content (AvgIpc) is 1.85. The normalized spacial score (nSPS) is 16.5. The quantitative estimate of drug-likeness (QED) is 0.522. The minimum Gasteiger partial charge on any atom is -0.366 e. The minimum atomic E-state index is 0.103. The van der Waals surface area contributed by atoms with E-state index in [1.54, 1.807) is 0 Å². The molecule has 0 unspecified atom stereocenters. The summed E-state index contributed by atoms with van der Waals surface area (Å²) in [4.78, 5) is 0. The van der Waals surface area contributed by atoms with Gasteiger partial charge in [-0.15, -0.1) is 0 Å². The summed E-state index contributed by atoms with van der Waals surface area (Å²) in [6, 6.07) is 0. The standard InChI is InChI=1S/C8H15N3/c1-8(2,3)10-7-5-4-6-9-11-7/h4-6,9-11H,1-3H3. The highest BCUT2D eigenvalue weighted by Crippen LogP contribution is 2.02. The smallest absolute Gasteiger partial charge is 0.118 e. The molecule has 0 saturated carbocycles. The third-order valence-corrected chi connectivity index (χ3v) is 1.16. The summed E-state index contributed by atoms with van der Waals surface area (Å²) in [5, 5.41) is 3.29. The lowest BCUT2D eigenvalue weighted by Gasteiger charge is -2.25. The van der Waals surface area contributed by atoms with E-state index < -0.39 is 0 Å². The Labute approximate surface area is 67.5 Å². The summed E-state index contributed by atoms with van der Waals surface area (Å²) in [6.07, 6.45) is 5.78. The van der Waals surface area contributed by atoms with Gasteiger partial charge in [0.2, 0.25) is 0 Å². The summed E-state index contributed by atoms with van der Waals surface area (Å²) < 4.78 is 0. The van der Waals surface area contributed by atoms with E-state index in [1.807, 2.05) is 18.4 Å². The highest BCUT2D eigenvalue weighted by Gasteiger charge is 2.10. The van der Waals surface area contributed by atoms with Crippen LogP contribution in [0.15, 0.2) is 24.2 Å². The second-order valence-electron chi connectivity index (χ2n) is 3.58. The zero-order valence-corrected chi connectivity index (χ0v) is 7.23. The molecule has 0 aromatic carbocycles. The van der Waals surface area contributed by atoms with Gasteiger partial charge in [0.05, 0.1) is 0 Å². The first-order chi connectivity index (χ1) is 5.08. The van der Waals surface area contributed by atoms with Gasteiger partial charge in [-0.2, -0.15) is 0 Å². The van der Waals surface area contributed by atoms with Crippen LogP contribution in [0.5, 0.6) is 0 Å². The van der Waals surface area contributed by atoms with Gasteiger partial charge in [0.25, 0.3) is 0 Å². The van der Waals surface area contributed by atoms with E-state index in [9.17, 15) is 0 Å². The Hall–Kier alpha value is -1.12. The SMILES string of the molecule is CC(C)(C)NC1=CC=CNN1. The Bertz CT molecular complexity index is 186. The van der Waals surface area contributed by atoms with Crippen LogP contribution in [0.3, 0.4) is 0 Å². The highest BCUT2D eigenvalue weighted by molar-refractivity contribution is 5.13. The van der Waals surface area contributed by atoms with Gasteiger partial charge in [-0.1, -0.05) is 0 Å².